The zero-order valence-corrected chi connectivity index (χ0v) is 85.7. The van der Waals surface area contributed by atoms with E-state index in [1.807, 2.05) is 109 Å². The monoisotopic (exact) mass is 1970 g/mol. The molecule has 0 spiro atoms. The van der Waals surface area contributed by atoms with Gasteiger partial charge >= 0.3 is 29.8 Å². The van der Waals surface area contributed by atoms with Crippen molar-refractivity contribution in [2.45, 2.75) is 277 Å². The van der Waals surface area contributed by atoms with Crippen molar-refractivity contribution in [3.05, 3.63) is 191 Å². The fourth-order valence-electron chi connectivity index (χ4n) is 18.1. The normalized spacial score (nSPS) is 14.4. The van der Waals surface area contributed by atoms with Gasteiger partial charge in [-0.15, -0.1) is 0 Å². The van der Waals surface area contributed by atoms with E-state index < -0.39 is 29.8 Å². The number of carbonyl (C=O) groups is 5. The lowest BCUT2D eigenvalue weighted by Gasteiger charge is -2.22. The highest BCUT2D eigenvalue weighted by Gasteiger charge is 2.24. The van der Waals surface area contributed by atoms with Gasteiger partial charge in [0.15, 0.2) is 46.0 Å². The summed E-state index contributed by atoms with van der Waals surface area (Å²) in [5.41, 5.74) is 5.15. The summed E-state index contributed by atoms with van der Waals surface area (Å²) in [4.78, 5) is 62.1. The van der Waals surface area contributed by atoms with Gasteiger partial charge in [0.2, 0.25) is 0 Å². The molecule has 24 heteroatoms. The Labute approximate surface area is 849 Å². The van der Waals surface area contributed by atoms with E-state index in [-0.39, 0.29) is 25.4 Å². The molecule has 24 nitrogen and oxygen atoms in total. The number of hydrogen-bond acceptors (Lipinski definition) is 24. The molecule has 0 aliphatic heterocycles. The highest BCUT2D eigenvalue weighted by molar-refractivity contribution is 5.91. The average molecular weight is 1970 g/mol. The van der Waals surface area contributed by atoms with Gasteiger partial charge in [0.05, 0.1) is 120 Å². The number of hydrogen-bond donors (Lipinski definition) is 0. The van der Waals surface area contributed by atoms with Crippen molar-refractivity contribution in [3.63, 3.8) is 0 Å². The van der Waals surface area contributed by atoms with Crippen molar-refractivity contribution in [3.8, 4) is 80.5 Å². The molecule has 0 N–H and O–H groups in total. The van der Waals surface area contributed by atoms with Gasteiger partial charge in [-0.2, -0.15) is 0 Å². The quantitative estimate of drug-likeness (QED) is 0.0148. The number of ether oxygens (including phenoxy) is 19. The largest absolute Gasteiger partial charge is 0.493 e. The zero-order valence-electron chi connectivity index (χ0n) is 85.7. The lowest BCUT2D eigenvalue weighted by Crippen LogP contribution is -2.15. The van der Waals surface area contributed by atoms with E-state index in [1.54, 1.807) is 42.5 Å². The van der Waals surface area contributed by atoms with Gasteiger partial charge < -0.3 is 90.0 Å². The lowest BCUT2D eigenvalue weighted by atomic mass is 9.90. The molecule has 4 aliphatic rings. The van der Waals surface area contributed by atoms with Crippen molar-refractivity contribution < 1.29 is 114 Å². The summed E-state index contributed by atoms with van der Waals surface area (Å²) in [5, 5.41) is 0. The minimum Gasteiger partial charge on any atom is -0.493 e. The molecule has 0 amide bonds. The maximum Gasteiger partial charge on any atom is 0.338 e. The van der Waals surface area contributed by atoms with E-state index in [1.165, 1.54) is 130 Å². The Morgan fingerprint density at radius 3 is 0.734 bits per heavy atom. The summed E-state index contributed by atoms with van der Waals surface area (Å²) in [6.07, 6.45) is 54.1. The molecule has 4 saturated carbocycles. The SMILES string of the molecule is CCCCCCOC(=O)c1cc(OCc2cc(OCCCCCCOc3ccc(C=CC(=O)OC)cc3OCC3CCCCC3)cc(OCCCCCCOc3ccc(C=CC(=O)OC)cc3OCC3CCCCC3)c2)cc(OCc2cc(OCCCCCCOc3ccc(C=CC(=O)OC)cc3OCC3CCCCC3)cc(OCCCCCCOc3ccc(C=CC(=O)OC)cc3OCC3CCCCC3)c2)c1. The first-order valence-corrected chi connectivity index (χ1v) is 53.2. The summed E-state index contributed by atoms with van der Waals surface area (Å²) in [6, 6.07) is 40.0. The second-order valence-electron chi connectivity index (χ2n) is 38.0. The fourth-order valence-corrected chi connectivity index (χ4v) is 18.1. The predicted octanol–water partition coefficient (Wildman–Crippen LogP) is 27.2. The molecule has 4 fully saturated rings. The van der Waals surface area contributed by atoms with Crippen LogP contribution in [-0.2, 0) is 56.1 Å². The van der Waals surface area contributed by atoms with Gasteiger partial charge in [-0.1, -0.05) is 128 Å². The van der Waals surface area contributed by atoms with E-state index in [4.69, 9.17) is 90.0 Å². The van der Waals surface area contributed by atoms with Crippen LogP contribution in [0.4, 0.5) is 0 Å². The first-order chi connectivity index (χ1) is 70.2. The van der Waals surface area contributed by atoms with Crippen LogP contribution in [0.25, 0.3) is 24.3 Å². The highest BCUT2D eigenvalue weighted by Crippen LogP contribution is 2.39. The average Bonchev–Trinajstić information content (AvgIpc) is 0.820. The lowest BCUT2D eigenvalue weighted by molar-refractivity contribution is -0.135. The first-order valence-electron chi connectivity index (χ1n) is 53.2. The third kappa shape index (κ3) is 43.6. The molecular formula is C119H158O24. The van der Waals surface area contributed by atoms with Gasteiger partial charge in [0, 0.05) is 42.5 Å². The first kappa shape index (κ1) is 111. The molecule has 0 radical (unpaired) electrons. The molecule has 778 valence electrons. The summed E-state index contributed by atoms with van der Waals surface area (Å²) in [5.74, 6) is 8.57. The number of rotatable bonds is 68. The molecule has 7 aromatic carbocycles. The highest BCUT2D eigenvalue weighted by atomic mass is 16.6. The maximum atomic E-state index is 14.2. The molecule has 7 aromatic rings. The third-order valence-electron chi connectivity index (χ3n) is 26.4. The van der Waals surface area contributed by atoms with E-state index in [0.717, 1.165) is 213 Å². The van der Waals surface area contributed by atoms with Crippen molar-refractivity contribution in [1.29, 1.82) is 0 Å². The number of unbranched alkanes of at least 4 members (excludes halogenated alkanes) is 15. The molecule has 0 saturated heterocycles. The standard InChI is InChI=1S/C119H158O24/c1-6-7-8-29-70-137-119(124)100-79-105(138-88-98-71-101(129-62-30-9-13-34-66-133-107-54-46-90(50-58-115(120)125-2)75-111(107)140-84-94-38-21-17-22-39-94)81-102(72-98)130-63-31-10-14-35-67-134-108-55-47-91(51-59-116(121)126-3)76-112(108)141-85-95-40-23-18-24-41-95)83-106(80-100)139-89-99-73-103(131-64-32-11-15-36-68-135-109-56-48-92(52-60-117(122)127-4)77-113(109)142-86-96-42-25-19-26-43-96)82-104(74-99)132-65-33-12-16-37-69-136-110-57-49-93(53-61-118(123)128-5)78-114(110)143-87-97-44-27-20-28-45-97/h46-61,71-83,94-97H,6-45,62-70,84-89H2,1-5H3. The van der Waals surface area contributed by atoms with Crippen LogP contribution < -0.4 is 66.3 Å². The van der Waals surface area contributed by atoms with Crippen LogP contribution in [0.5, 0.6) is 80.5 Å². The van der Waals surface area contributed by atoms with E-state index in [2.05, 4.69) is 6.92 Å². The Morgan fingerprint density at radius 1 is 0.245 bits per heavy atom. The van der Waals surface area contributed by atoms with Gasteiger partial charge in [0.1, 0.15) is 47.7 Å². The Kier molecular flexibility index (Phi) is 51.5. The number of benzene rings is 7. The molecule has 0 atom stereocenters. The van der Waals surface area contributed by atoms with Crippen LogP contribution in [0.15, 0.2) is 152 Å². The van der Waals surface area contributed by atoms with Crippen molar-refractivity contribution in [2.75, 3.05) is 114 Å². The van der Waals surface area contributed by atoms with Crippen LogP contribution in [0.2, 0.25) is 0 Å². The summed E-state index contributed by atoms with van der Waals surface area (Å²) < 4.78 is 116. The summed E-state index contributed by atoms with van der Waals surface area (Å²) in [6.45, 7) is 9.01. The second-order valence-corrected chi connectivity index (χ2v) is 38.0. The molecular weight excluding hydrogens is 1810 g/mol. The van der Waals surface area contributed by atoms with Crippen LogP contribution in [0.1, 0.15) is 307 Å². The smallest absolute Gasteiger partial charge is 0.338 e. The molecule has 0 unspecified atom stereocenters. The van der Waals surface area contributed by atoms with Crippen LogP contribution in [-0.4, -0.2) is 144 Å². The van der Waals surface area contributed by atoms with Gasteiger partial charge in [-0.05, 0) is 327 Å². The fraction of sp³-hybridized carbons (Fsp3) is 0.538. The van der Waals surface area contributed by atoms with Gasteiger partial charge in [0.25, 0.3) is 0 Å². The number of methoxy groups -OCH3 is 4. The predicted molar refractivity (Wildman–Crippen MR) is 558 cm³/mol. The number of carbonyl (C=O) groups excluding carboxylic acids is 5. The third-order valence-corrected chi connectivity index (χ3v) is 26.4. The minimum atomic E-state index is -0.486. The Bertz CT molecular complexity index is 4470. The van der Waals surface area contributed by atoms with Crippen LogP contribution in [0, 0.1) is 23.7 Å². The molecule has 143 heavy (non-hydrogen) atoms. The maximum absolute atomic E-state index is 14.2. The summed E-state index contributed by atoms with van der Waals surface area (Å²) >= 11 is 0. The molecule has 4 aliphatic carbocycles. The molecule has 0 aromatic heterocycles. The van der Waals surface area contributed by atoms with E-state index >= 15 is 0 Å². The second kappa shape index (κ2) is 66.1. The topological polar surface area (TPSA) is 261 Å². The van der Waals surface area contributed by atoms with E-state index in [9.17, 15) is 24.0 Å². The molecule has 11 rings (SSSR count). The minimum absolute atomic E-state index is 0.0979. The Balaban J connectivity index is 0.743. The molecule has 0 heterocycles. The zero-order chi connectivity index (χ0) is 100. The number of esters is 5. The van der Waals surface area contributed by atoms with Crippen LogP contribution >= 0.6 is 0 Å². The van der Waals surface area contributed by atoms with Crippen molar-refractivity contribution >= 4 is 54.2 Å². The van der Waals surface area contributed by atoms with Crippen molar-refractivity contribution in [2.24, 2.45) is 23.7 Å². The van der Waals surface area contributed by atoms with Crippen LogP contribution in [0.3, 0.4) is 0 Å². The summed E-state index contributed by atoms with van der Waals surface area (Å²) in [7, 11) is 5.46. The van der Waals surface area contributed by atoms with Gasteiger partial charge in [-0.25, -0.2) is 24.0 Å². The Morgan fingerprint density at radius 2 is 0.483 bits per heavy atom. The van der Waals surface area contributed by atoms with Gasteiger partial charge in [-0.3, -0.25) is 0 Å². The Hall–Kier alpha value is -12.0. The van der Waals surface area contributed by atoms with Crippen molar-refractivity contribution in [1.82, 2.24) is 0 Å². The van der Waals surface area contributed by atoms with E-state index in [0.29, 0.717) is 183 Å². The molecule has 0 bridgehead atoms.